The molecule has 3 nitrogen and oxygen atoms in total. The van der Waals surface area contributed by atoms with Gasteiger partial charge in [0, 0.05) is 11.6 Å². The Morgan fingerprint density at radius 3 is 2.94 bits per heavy atom. The van der Waals surface area contributed by atoms with Crippen LogP contribution in [0.1, 0.15) is 19.3 Å². The summed E-state index contributed by atoms with van der Waals surface area (Å²) in [6.45, 7) is 0.917. The van der Waals surface area contributed by atoms with Crippen molar-refractivity contribution >= 4 is 11.7 Å². The zero-order chi connectivity index (χ0) is 10.8. The minimum atomic E-state index is 0.392. The van der Waals surface area contributed by atoms with E-state index in [2.05, 4.69) is 10.3 Å². The Balaban J connectivity index is 1.68. The van der Waals surface area contributed by atoms with Gasteiger partial charge in [-0.3, -0.25) is 0 Å². The average Bonchev–Trinajstić information content (AvgIpc) is 2.77. The van der Waals surface area contributed by atoms with Crippen LogP contribution < -0.4 is 5.32 Å². The van der Waals surface area contributed by atoms with E-state index < -0.39 is 0 Å². The van der Waals surface area contributed by atoms with Crippen molar-refractivity contribution in [1.82, 2.24) is 0 Å². The van der Waals surface area contributed by atoms with Crippen LogP contribution in [-0.2, 0) is 4.74 Å². The summed E-state index contributed by atoms with van der Waals surface area (Å²) < 4.78 is 5.85. The molecule has 0 spiro atoms. The number of para-hydroxylation sites is 1. The monoisotopic (exact) mass is 216 g/mol. The first-order valence-electron chi connectivity index (χ1n) is 5.95. The van der Waals surface area contributed by atoms with Crippen molar-refractivity contribution < 1.29 is 4.74 Å². The molecule has 1 fully saturated rings. The lowest BCUT2D eigenvalue weighted by molar-refractivity contribution is 0.133. The maximum atomic E-state index is 5.85. The van der Waals surface area contributed by atoms with Crippen LogP contribution in [0.2, 0.25) is 0 Å². The standard InChI is InChI=1S/C13H16N2O/c1-2-6-11(7-3-1)15-13-14-9-10-5-4-8-12(10)16-13/h1-3,6-7,10,12H,4-5,8-9H2,(H,14,15)/t10-,12-/m1/s1. The van der Waals surface area contributed by atoms with Gasteiger partial charge in [0.05, 0.1) is 6.54 Å². The molecule has 0 bridgehead atoms. The number of amidine groups is 1. The lowest BCUT2D eigenvalue weighted by Gasteiger charge is -2.26. The van der Waals surface area contributed by atoms with Crippen molar-refractivity contribution in [1.29, 1.82) is 0 Å². The molecule has 84 valence electrons. The predicted molar refractivity (Wildman–Crippen MR) is 64.6 cm³/mol. The summed E-state index contributed by atoms with van der Waals surface area (Å²) in [5, 5.41) is 3.22. The lowest BCUT2D eigenvalue weighted by Crippen LogP contribution is -2.33. The molecule has 0 radical (unpaired) electrons. The molecule has 2 aliphatic rings. The number of nitrogens with zero attached hydrogens (tertiary/aromatic N) is 1. The fraction of sp³-hybridized carbons (Fsp3) is 0.462. The molecule has 0 saturated heterocycles. The minimum absolute atomic E-state index is 0.392. The third kappa shape index (κ3) is 1.90. The molecule has 2 atom stereocenters. The molecule has 0 aromatic heterocycles. The highest BCUT2D eigenvalue weighted by molar-refractivity contribution is 5.89. The molecule has 16 heavy (non-hydrogen) atoms. The van der Waals surface area contributed by atoms with E-state index in [1.54, 1.807) is 0 Å². The Labute approximate surface area is 95.5 Å². The molecule has 0 amide bonds. The molecule has 1 N–H and O–H groups in total. The van der Waals surface area contributed by atoms with E-state index in [0.29, 0.717) is 18.0 Å². The molecule has 0 unspecified atom stereocenters. The zero-order valence-electron chi connectivity index (χ0n) is 9.23. The highest BCUT2D eigenvalue weighted by atomic mass is 16.5. The number of anilines is 1. The summed E-state index contributed by atoms with van der Waals surface area (Å²) >= 11 is 0. The minimum Gasteiger partial charge on any atom is -0.461 e. The Morgan fingerprint density at radius 2 is 2.06 bits per heavy atom. The van der Waals surface area contributed by atoms with Gasteiger partial charge in [-0.05, 0) is 31.4 Å². The van der Waals surface area contributed by atoms with Crippen molar-refractivity contribution in [3.8, 4) is 0 Å². The van der Waals surface area contributed by atoms with Crippen LogP contribution in [0.3, 0.4) is 0 Å². The number of hydrogen-bond acceptors (Lipinski definition) is 3. The molecule has 3 rings (SSSR count). The van der Waals surface area contributed by atoms with Crippen LogP contribution in [0.5, 0.6) is 0 Å². The first-order chi connectivity index (χ1) is 7.92. The lowest BCUT2D eigenvalue weighted by atomic mass is 10.1. The van der Waals surface area contributed by atoms with E-state index in [0.717, 1.165) is 12.2 Å². The number of rotatable bonds is 1. The van der Waals surface area contributed by atoms with Gasteiger partial charge in [0.1, 0.15) is 6.10 Å². The maximum Gasteiger partial charge on any atom is 0.289 e. The molecule has 3 heteroatoms. The van der Waals surface area contributed by atoms with Crippen LogP contribution in [0.25, 0.3) is 0 Å². The third-order valence-corrected chi connectivity index (χ3v) is 3.35. The van der Waals surface area contributed by atoms with Gasteiger partial charge < -0.3 is 10.1 Å². The van der Waals surface area contributed by atoms with Crippen molar-refractivity contribution in [2.45, 2.75) is 25.4 Å². The fourth-order valence-corrected chi connectivity index (χ4v) is 2.46. The van der Waals surface area contributed by atoms with E-state index in [9.17, 15) is 0 Å². The second-order valence-corrected chi connectivity index (χ2v) is 4.48. The molecular formula is C13H16N2O. The number of fused-ring (bicyclic) bond motifs is 1. The highest BCUT2D eigenvalue weighted by Gasteiger charge is 2.32. The van der Waals surface area contributed by atoms with Crippen LogP contribution >= 0.6 is 0 Å². The molecule has 1 aromatic rings. The smallest absolute Gasteiger partial charge is 0.289 e. The number of nitrogens with one attached hydrogen (secondary N) is 1. The maximum absolute atomic E-state index is 5.85. The molecule has 1 saturated carbocycles. The van der Waals surface area contributed by atoms with Gasteiger partial charge in [0.2, 0.25) is 0 Å². The quantitative estimate of drug-likeness (QED) is 0.783. The van der Waals surface area contributed by atoms with E-state index >= 15 is 0 Å². The average molecular weight is 216 g/mol. The van der Waals surface area contributed by atoms with Crippen LogP contribution in [0, 0.1) is 5.92 Å². The first-order valence-corrected chi connectivity index (χ1v) is 5.95. The molecule has 1 aromatic carbocycles. The van der Waals surface area contributed by atoms with Crippen molar-refractivity contribution in [2.75, 3.05) is 11.9 Å². The van der Waals surface area contributed by atoms with Crippen LogP contribution in [-0.4, -0.2) is 18.7 Å². The third-order valence-electron chi connectivity index (χ3n) is 3.35. The molecule has 1 aliphatic heterocycles. The Kier molecular flexibility index (Phi) is 2.52. The van der Waals surface area contributed by atoms with E-state index in [4.69, 9.17) is 4.74 Å². The molecule has 1 aliphatic carbocycles. The van der Waals surface area contributed by atoms with E-state index in [-0.39, 0.29) is 0 Å². The SMILES string of the molecule is c1ccc(NC2=NC[C@H]3CCC[C@H]3O2)cc1. The van der Waals surface area contributed by atoms with Crippen molar-refractivity contribution in [3.05, 3.63) is 30.3 Å². The zero-order valence-corrected chi connectivity index (χ0v) is 9.23. The summed E-state index contributed by atoms with van der Waals surface area (Å²) in [4.78, 5) is 4.45. The second kappa shape index (κ2) is 4.16. The first kappa shape index (κ1) is 9.70. The van der Waals surface area contributed by atoms with Crippen molar-refractivity contribution in [2.24, 2.45) is 10.9 Å². The topological polar surface area (TPSA) is 33.6 Å². The van der Waals surface area contributed by atoms with Crippen LogP contribution in [0.15, 0.2) is 35.3 Å². The summed E-state index contributed by atoms with van der Waals surface area (Å²) in [5.74, 6) is 0.654. The summed E-state index contributed by atoms with van der Waals surface area (Å²) in [5.41, 5.74) is 1.04. The summed E-state index contributed by atoms with van der Waals surface area (Å²) in [7, 11) is 0. The van der Waals surface area contributed by atoms with Gasteiger partial charge in [-0.15, -0.1) is 0 Å². The number of benzene rings is 1. The van der Waals surface area contributed by atoms with Crippen molar-refractivity contribution in [3.63, 3.8) is 0 Å². The van der Waals surface area contributed by atoms with E-state index in [1.165, 1.54) is 19.3 Å². The Hall–Kier alpha value is -1.51. The number of ether oxygens (including phenoxy) is 1. The number of aliphatic imine (C=N–C) groups is 1. The van der Waals surface area contributed by atoms with Gasteiger partial charge in [-0.1, -0.05) is 18.2 Å². The largest absolute Gasteiger partial charge is 0.461 e. The van der Waals surface area contributed by atoms with Gasteiger partial charge in [-0.2, -0.15) is 0 Å². The van der Waals surface area contributed by atoms with Gasteiger partial charge in [0.15, 0.2) is 0 Å². The number of hydrogen-bond donors (Lipinski definition) is 1. The Morgan fingerprint density at radius 1 is 1.19 bits per heavy atom. The van der Waals surface area contributed by atoms with Gasteiger partial charge >= 0.3 is 0 Å². The Bertz CT molecular complexity index is 388. The molecule has 1 heterocycles. The second-order valence-electron chi connectivity index (χ2n) is 4.48. The predicted octanol–water partition coefficient (Wildman–Crippen LogP) is 2.65. The normalized spacial score (nSPS) is 27.9. The summed E-state index contributed by atoms with van der Waals surface area (Å²) in [6, 6.07) is 10.7. The van der Waals surface area contributed by atoms with E-state index in [1.807, 2.05) is 30.3 Å². The highest BCUT2D eigenvalue weighted by Crippen LogP contribution is 2.31. The van der Waals surface area contributed by atoms with Crippen LogP contribution in [0.4, 0.5) is 5.69 Å². The summed E-state index contributed by atoms with van der Waals surface area (Å²) in [6.07, 6.45) is 4.12. The molecular weight excluding hydrogens is 200 g/mol. The van der Waals surface area contributed by atoms with Gasteiger partial charge in [-0.25, -0.2) is 4.99 Å². The fourth-order valence-electron chi connectivity index (χ4n) is 2.46. The van der Waals surface area contributed by atoms with Gasteiger partial charge in [0.25, 0.3) is 6.02 Å².